The van der Waals surface area contributed by atoms with E-state index < -0.39 is 19.0 Å². The lowest BCUT2D eigenvalue weighted by Crippen LogP contribution is -2.16. The number of rotatable bonds is 2. The van der Waals surface area contributed by atoms with Gasteiger partial charge in [0.2, 0.25) is 0 Å². The minimum Gasteiger partial charge on any atom is -0.244 e. The predicted molar refractivity (Wildman–Crippen MR) is 21.0 cm³/mol. The number of hydrogen-bond acceptors (Lipinski definition) is 0. The van der Waals surface area contributed by atoms with Gasteiger partial charge in [0.1, 0.15) is 12.8 Å². The Morgan fingerprint density at radius 3 is 2.00 bits per heavy atom. The molecule has 0 aromatic rings. The monoisotopic (exact) mass is 109 g/mol. The van der Waals surface area contributed by atoms with Gasteiger partial charge in [-0.15, -0.1) is 0 Å². The van der Waals surface area contributed by atoms with E-state index in [1.54, 1.807) is 0 Å². The van der Waals surface area contributed by atoms with E-state index in [0.29, 0.717) is 0 Å². The number of hydrogen-bond donors (Lipinski definition) is 0. The molecule has 0 rings (SSSR count). The first-order chi connectivity index (χ1) is 3.18. The molecule has 0 saturated heterocycles. The maximum absolute atomic E-state index is 11.6. The molecule has 0 bridgehead atoms. The minimum absolute atomic E-state index is 0.975. The van der Waals surface area contributed by atoms with Crippen molar-refractivity contribution in [2.24, 2.45) is 0 Å². The van der Waals surface area contributed by atoms with E-state index in [1.807, 2.05) is 0 Å². The highest BCUT2D eigenvalue weighted by Crippen LogP contribution is 2.00. The van der Waals surface area contributed by atoms with Gasteiger partial charge < -0.3 is 0 Å². The van der Waals surface area contributed by atoms with E-state index >= 15 is 0 Å². The summed E-state index contributed by atoms with van der Waals surface area (Å²) in [6.45, 7) is 0.0558. The SMILES string of the molecule is CC(F)C(F)C[O]. The van der Waals surface area contributed by atoms with Crippen molar-refractivity contribution in [1.29, 1.82) is 0 Å². The lowest BCUT2D eigenvalue weighted by molar-refractivity contribution is 0.0672. The topological polar surface area (TPSA) is 19.9 Å². The molecule has 0 spiro atoms. The van der Waals surface area contributed by atoms with Crippen LogP contribution in [0.4, 0.5) is 8.78 Å². The lowest BCUT2D eigenvalue weighted by Gasteiger charge is -2.00. The van der Waals surface area contributed by atoms with E-state index in [-0.39, 0.29) is 0 Å². The van der Waals surface area contributed by atoms with Crippen molar-refractivity contribution >= 4 is 0 Å². The molecule has 0 aliphatic rings. The second-order valence-electron chi connectivity index (χ2n) is 1.36. The zero-order valence-corrected chi connectivity index (χ0v) is 4.03. The Labute approximate surface area is 41.0 Å². The molecule has 43 valence electrons. The molecule has 1 radical (unpaired) electrons. The average Bonchev–Trinajstić information content (AvgIpc) is 1.65. The van der Waals surface area contributed by atoms with Gasteiger partial charge in [-0.25, -0.2) is 13.9 Å². The quantitative estimate of drug-likeness (QED) is 0.506. The summed E-state index contributed by atoms with van der Waals surface area (Å²) in [5.74, 6) is 0. The van der Waals surface area contributed by atoms with Gasteiger partial charge in [-0.1, -0.05) is 0 Å². The van der Waals surface area contributed by atoms with E-state index in [1.165, 1.54) is 0 Å². The normalized spacial score (nSPS) is 18.9. The third kappa shape index (κ3) is 2.51. The van der Waals surface area contributed by atoms with Crippen molar-refractivity contribution in [3.63, 3.8) is 0 Å². The van der Waals surface area contributed by atoms with Crippen LogP contribution >= 0.6 is 0 Å². The van der Waals surface area contributed by atoms with Gasteiger partial charge in [0.05, 0.1) is 0 Å². The molecule has 0 heterocycles. The summed E-state index contributed by atoms with van der Waals surface area (Å²) in [5.41, 5.74) is 0. The number of halogens is 2. The minimum atomic E-state index is -1.82. The van der Waals surface area contributed by atoms with Crippen LogP contribution in [-0.4, -0.2) is 19.0 Å². The molecule has 0 N–H and O–H groups in total. The van der Waals surface area contributed by atoms with Crippen molar-refractivity contribution < 1.29 is 13.9 Å². The van der Waals surface area contributed by atoms with Gasteiger partial charge >= 0.3 is 0 Å². The van der Waals surface area contributed by atoms with Crippen LogP contribution in [0.5, 0.6) is 0 Å². The molecule has 2 unspecified atom stereocenters. The van der Waals surface area contributed by atoms with Crippen molar-refractivity contribution in [1.82, 2.24) is 0 Å². The summed E-state index contributed by atoms with van der Waals surface area (Å²) in [7, 11) is 0. The summed E-state index contributed by atoms with van der Waals surface area (Å²) >= 11 is 0. The highest BCUT2D eigenvalue weighted by Gasteiger charge is 2.12. The maximum Gasteiger partial charge on any atom is 0.157 e. The first-order valence-electron chi connectivity index (χ1n) is 2.04. The van der Waals surface area contributed by atoms with Gasteiger partial charge in [0.15, 0.2) is 6.17 Å². The third-order valence-electron chi connectivity index (χ3n) is 0.658. The van der Waals surface area contributed by atoms with Gasteiger partial charge in [0.25, 0.3) is 0 Å². The molecule has 0 fully saturated rings. The molecule has 0 saturated carbocycles. The molecule has 0 aromatic carbocycles. The lowest BCUT2D eigenvalue weighted by atomic mass is 10.3. The Bertz CT molecular complexity index is 47.0. The Balaban J connectivity index is 3.14. The van der Waals surface area contributed by atoms with Crippen LogP contribution in [0.3, 0.4) is 0 Å². The fraction of sp³-hybridized carbons (Fsp3) is 1.00. The van der Waals surface area contributed by atoms with Crippen molar-refractivity contribution in [3.05, 3.63) is 0 Å². The molecule has 3 heteroatoms. The van der Waals surface area contributed by atoms with Crippen LogP contribution in [0.2, 0.25) is 0 Å². The summed E-state index contributed by atoms with van der Waals surface area (Å²) in [6.07, 6.45) is -3.43. The molecule has 7 heavy (non-hydrogen) atoms. The molecule has 1 nitrogen and oxygen atoms in total. The fourth-order valence-electron chi connectivity index (χ4n) is 0.133. The van der Waals surface area contributed by atoms with E-state index in [2.05, 4.69) is 0 Å². The van der Waals surface area contributed by atoms with Gasteiger partial charge in [0, 0.05) is 0 Å². The Morgan fingerprint density at radius 2 is 2.00 bits per heavy atom. The Morgan fingerprint density at radius 1 is 1.57 bits per heavy atom. The van der Waals surface area contributed by atoms with Gasteiger partial charge in [-0.3, -0.25) is 0 Å². The first-order valence-corrected chi connectivity index (χ1v) is 2.04. The average molecular weight is 109 g/mol. The first kappa shape index (κ1) is 6.82. The van der Waals surface area contributed by atoms with Gasteiger partial charge in [-0.2, -0.15) is 0 Å². The molecular weight excluding hydrogens is 102 g/mol. The highest BCUT2D eigenvalue weighted by molar-refractivity contribution is 4.58. The number of alkyl halides is 2. The zero-order chi connectivity index (χ0) is 5.86. The Kier molecular flexibility index (Phi) is 2.83. The van der Waals surface area contributed by atoms with Crippen molar-refractivity contribution in [2.45, 2.75) is 19.3 Å². The largest absolute Gasteiger partial charge is 0.244 e. The second-order valence-corrected chi connectivity index (χ2v) is 1.36. The maximum atomic E-state index is 11.6. The van der Waals surface area contributed by atoms with Gasteiger partial charge in [-0.05, 0) is 6.92 Å². The smallest absolute Gasteiger partial charge is 0.157 e. The summed E-state index contributed by atoms with van der Waals surface area (Å²) in [5, 5.41) is 9.46. The van der Waals surface area contributed by atoms with Crippen LogP contribution in [0, 0.1) is 0 Å². The second kappa shape index (κ2) is 2.91. The molecule has 2 atom stereocenters. The predicted octanol–water partition coefficient (Wildman–Crippen LogP) is 1.11. The fourth-order valence-corrected chi connectivity index (χ4v) is 0.133. The van der Waals surface area contributed by atoms with E-state index in [0.717, 1.165) is 6.92 Å². The zero-order valence-electron chi connectivity index (χ0n) is 4.03. The highest BCUT2D eigenvalue weighted by atomic mass is 19.2. The summed E-state index contributed by atoms with van der Waals surface area (Å²) in [4.78, 5) is 0. The van der Waals surface area contributed by atoms with Crippen molar-refractivity contribution in [3.8, 4) is 0 Å². The van der Waals surface area contributed by atoms with Crippen LogP contribution in [0.25, 0.3) is 0 Å². The molecule has 0 aliphatic carbocycles. The summed E-state index contributed by atoms with van der Waals surface area (Å²) < 4.78 is 23.1. The molecular formula is C4H7F2O. The third-order valence-corrected chi connectivity index (χ3v) is 0.658. The standard InChI is InChI=1S/C4H7F2O/c1-3(5)4(6)2-7/h3-4H,2H2,1H3. The van der Waals surface area contributed by atoms with Crippen LogP contribution < -0.4 is 0 Å². The van der Waals surface area contributed by atoms with Crippen LogP contribution in [-0.2, 0) is 5.11 Å². The van der Waals surface area contributed by atoms with Crippen LogP contribution in [0.1, 0.15) is 6.92 Å². The van der Waals surface area contributed by atoms with E-state index in [9.17, 15) is 13.9 Å². The van der Waals surface area contributed by atoms with E-state index in [4.69, 9.17) is 0 Å². The molecule has 0 amide bonds. The summed E-state index contributed by atoms with van der Waals surface area (Å²) in [6, 6.07) is 0. The van der Waals surface area contributed by atoms with Crippen LogP contribution in [0.15, 0.2) is 0 Å². The molecule has 0 aromatic heterocycles. The Hall–Kier alpha value is -0.180. The molecule has 0 aliphatic heterocycles. The van der Waals surface area contributed by atoms with Crippen molar-refractivity contribution in [2.75, 3.05) is 6.61 Å².